The third kappa shape index (κ3) is 2.74. The van der Waals surface area contributed by atoms with E-state index in [-0.39, 0.29) is 23.7 Å². The number of aromatic amines is 1. The second kappa shape index (κ2) is 6.11. The van der Waals surface area contributed by atoms with Gasteiger partial charge in [0.1, 0.15) is 5.82 Å². The monoisotopic (exact) mass is 302 g/mol. The van der Waals surface area contributed by atoms with Crippen LogP contribution in [0.25, 0.3) is 10.9 Å². The number of benzene rings is 1. The molecule has 118 valence electrons. The Morgan fingerprint density at radius 1 is 1.41 bits per heavy atom. The molecular weight excluding hydrogens is 279 g/mol. The maximum atomic E-state index is 13.5. The Morgan fingerprint density at radius 3 is 2.91 bits per heavy atom. The molecule has 4 heteroatoms. The molecule has 0 fully saturated rings. The highest BCUT2D eigenvalue weighted by atomic mass is 19.1. The molecule has 1 aromatic carbocycles. The zero-order valence-electron chi connectivity index (χ0n) is 13.2. The first-order valence-corrected chi connectivity index (χ1v) is 8.21. The highest BCUT2D eigenvalue weighted by Gasteiger charge is 2.25. The molecule has 1 amide bonds. The lowest BCUT2D eigenvalue weighted by Crippen LogP contribution is -2.41. The first-order valence-electron chi connectivity index (χ1n) is 8.21. The van der Waals surface area contributed by atoms with E-state index in [4.69, 9.17) is 0 Å². The normalized spacial score (nSPS) is 17.7. The number of amides is 1. The lowest BCUT2D eigenvalue weighted by molar-refractivity contribution is -0.126. The summed E-state index contributed by atoms with van der Waals surface area (Å²) in [6.45, 7) is 4.10. The van der Waals surface area contributed by atoms with Crippen LogP contribution in [-0.4, -0.2) is 16.9 Å². The molecule has 2 aromatic rings. The summed E-state index contributed by atoms with van der Waals surface area (Å²) in [5, 5.41) is 4.14. The van der Waals surface area contributed by atoms with Crippen molar-refractivity contribution in [2.24, 2.45) is 5.92 Å². The number of hydrogen-bond acceptors (Lipinski definition) is 1. The molecule has 3 rings (SSSR count). The lowest BCUT2D eigenvalue weighted by atomic mass is 9.90. The molecule has 1 heterocycles. The fourth-order valence-electron chi connectivity index (χ4n) is 3.49. The van der Waals surface area contributed by atoms with Gasteiger partial charge in [0, 0.05) is 28.6 Å². The van der Waals surface area contributed by atoms with Crippen LogP contribution in [-0.2, 0) is 17.6 Å². The molecule has 1 unspecified atom stereocenters. The van der Waals surface area contributed by atoms with Gasteiger partial charge in [-0.15, -0.1) is 0 Å². The number of hydrogen-bond donors (Lipinski definition) is 2. The van der Waals surface area contributed by atoms with E-state index < -0.39 is 0 Å². The van der Waals surface area contributed by atoms with Gasteiger partial charge in [-0.2, -0.15) is 0 Å². The van der Waals surface area contributed by atoms with E-state index in [0.717, 1.165) is 48.6 Å². The van der Waals surface area contributed by atoms with Crippen LogP contribution in [0.2, 0.25) is 0 Å². The van der Waals surface area contributed by atoms with Crippen LogP contribution < -0.4 is 5.32 Å². The van der Waals surface area contributed by atoms with Crippen LogP contribution in [0.1, 0.15) is 44.4 Å². The molecule has 0 bridgehead atoms. The summed E-state index contributed by atoms with van der Waals surface area (Å²) >= 11 is 0. The number of aryl methyl sites for hydroxylation is 1. The van der Waals surface area contributed by atoms with Gasteiger partial charge in [0.05, 0.1) is 0 Å². The highest BCUT2D eigenvalue weighted by Crippen LogP contribution is 2.30. The van der Waals surface area contributed by atoms with E-state index in [1.807, 2.05) is 0 Å². The Hall–Kier alpha value is -1.84. The molecule has 1 aliphatic carbocycles. The molecule has 0 aliphatic heterocycles. The molecular formula is C18H23FN2O. The fraction of sp³-hybridized carbons (Fsp3) is 0.500. The Kier molecular flexibility index (Phi) is 4.19. The maximum absolute atomic E-state index is 13.5. The van der Waals surface area contributed by atoms with Gasteiger partial charge in [0.15, 0.2) is 0 Å². The summed E-state index contributed by atoms with van der Waals surface area (Å²) in [5.41, 5.74) is 3.34. The van der Waals surface area contributed by atoms with Crippen molar-refractivity contribution in [1.29, 1.82) is 0 Å². The van der Waals surface area contributed by atoms with Crippen LogP contribution in [0, 0.1) is 11.7 Å². The number of fused-ring (bicyclic) bond motifs is 3. The van der Waals surface area contributed by atoms with Gasteiger partial charge >= 0.3 is 0 Å². The van der Waals surface area contributed by atoms with Gasteiger partial charge in [-0.25, -0.2) is 4.39 Å². The molecule has 3 nitrogen and oxygen atoms in total. The second-order valence-electron chi connectivity index (χ2n) is 6.23. The third-order valence-electron chi connectivity index (χ3n) is 4.85. The number of rotatable bonds is 4. The average molecular weight is 302 g/mol. The second-order valence-corrected chi connectivity index (χ2v) is 6.23. The zero-order valence-corrected chi connectivity index (χ0v) is 13.2. The smallest absolute Gasteiger partial charge is 0.223 e. The number of halogens is 1. The van der Waals surface area contributed by atoms with Gasteiger partial charge in [-0.3, -0.25) is 4.79 Å². The van der Waals surface area contributed by atoms with Gasteiger partial charge in [0.25, 0.3) is 0 Å². The maximum Gasteiger partial charge on any atom is 0.223 e. The van der Waals surface area contributed by atoms with Crippen molar-refractivity contribution in [2.75, 3.05) is 0 Å². The summed E-state index contributed by atoms with van der Waals surface area (Å²) < 4.78 is 13.5. The summed E-state index contributed by atoms with van der Waals surface area (Å²) in [6, 6.07) is 5.02. The lowest BCUT2D eigenvalue weighted by Gasteiger charge is -2.25. The van der Waals surface area contributed by atoms with Crippen molar-refractivity contribution in [3.8, 4) is 0 Å². The Morgan fingerprint density at radius 2 is 2.18 bits per heavy atom. The molecule has 22 heavy (non-hydrogen) atoms. The van der Waals surface area contributed by atoms with E-state index in [9.17, 15) is 9.18 Å². The first-order chi connectivity index (χ1) is 10.6. The molecule has 0 spiro atoms. The summed E-state index contributed by atoms with van der Waals surface area (Å²) in [7, 11) is 0. The third-order valence-corrected chi connectivity index (χ3v) is 4.85. The zero-order chi connectivity index (χ0) is 15.7. The van der Waals surface area contributed by atoms with Crippen LogP contribution in [0.4, 0.5) is 4.39 Å². The number of nitrogens with one attached hydrogen (secondary N) is 2. The van der Waals surface area contributed by atoms with Crippen molar-refractivity contribution in [2.45, 2.75) is 52.0 Å². The molecule has 0 radical (unpaired) electrons. The van der Waals surface area contributed by atoms with Crippen LogP contribution in [0.3, 0.4) is 0 Å². The first kappa shape index (κ1) is 15.1. The Labute approximate surface area is 130 Å². The number of aromatic nitrogens is 1. The van der Waals surface area contributed by atoms with Crippen molar-refractivity contribution in [3.05, 3.63) is 35.3 Å². The molecule has 1 aromatic heterocycles. The molecule has 1 atom stereocenters. The van der Waals surface area contributed by atoms with E-state index >= 15 is 0 Å². The van der Waals surface area contributed by atoms with E-state index in [0.29, 0.717) is 0 Å². The van der Waals surface area contributed by atoms with Gasteiger partial charge in [-0.05, 0) is 55.9 Å². The number of H-pyrrole nitrogens is 1. The Balaban J connectivity index is 1.80. The number of carbonyl (C=O) groups excluding carboxylic acids is 1. The van der Waals surface area contributed by atoms with Gasteiger partial charge in [0.2, 0.25) is 5.91 Å². The van der Waals surface area contributed by atoms with E-state index in [2.05, 4.69) is 24.1 Å². The quantitative estimate of drug-likeness (QED) is 0.888. The van der Waals surface area contributed by atoms with Crippen molar-refractivity contribution < 1.29 is 9.18 Å². The van der Waals surface area contributed by atoms with Crippen LogP contribution in [0.15, 0.2) is 18.2 Å². The highest BCUT2D eigenvalue weighted by molar-refractivity contribution is 5.85. The van der Waals surface area contributed by atoms with Gasteiger partial charge < -0.3 is 10.3 Å². The Bertz CT molecular complexity index is 688. The summed E-state index contributed by atoms with van der Waals surface area (Å²) in [4.78, 5) is 15.6. The largest absolute Gasteiger partial charge is 0.358 e. The molecule has 1 aliphatic rings. The molecule has 2 N–H and O–H groups in total. The fourth-order valence-corrected chi connectivity index (χ4v) is 3.49. The standard InChI is InChI=1S/C18H23FN2O/c1-3-11(4-2)18(22)20-13-6-8-17-15(10-13)14-9-12(19)5-7-16(14)21-17/h5,7,9,11,13,21H,3-4,6,8,10H2,1-2H3,(H,20,22). The van der Waals surface area contributed by atoms with E-state index in [1.54, 1.807) is 12.1 Å². The predicted octanol–water partition coefficient (Wildman–Crippen LogP) is 3.72. The summed E-state index contributed by atoms with van der Waals surface area (Å²) in [5.74, 6) is 0.0452. The minimum Gasteiger partial charge on any atom is -0.358 e. The SMILES string of the molecule is CCC(CC)C(=O)NC1CCc2[nH]c3ccc(F)cc3c2C1. The minimum absolute atomic E-state index is 0.0989. The minimum atomic E-state index is -0.211. The molecule has 0 saturated heterocycles. The summed E-state index contributed by atoms with van der Waals surface area (Å²) in [6.07, 6.45) is 4.37. The van der Waals surface area contributed by atoms with Crippen LogP contribution >= 0.6 is 0 Å². The van der Waals surface area contributed by atoms with Gasteiger partial charge in [-0.1, -0.05) is 13.8 Å². The predicted molar refractivity (Wildman–Crippen MR) is 86.3 cm³/mol. The van der Waals surface area contributed by atoms with Crippen LogP contribution in [0.5, 0.6) is 0 Å². The van der Waals surface area contributed by atoms with Crippen molar-refractivity contribution in [1.82, 2.24) is 10.3 Å². The van der Waals surface area contributed by atoms with E-state index in [1.165, 1.54) is 11.8 Å². The molecule has 0 saturated carbocycles. The van der Waals surface area contributed by atoms with Crippen molar-refractivity contribution in [3.63, 3.8) is 0 Å². The topological polar surface area (TPSA) is 44.9 Å². The number of carbonyl (C=O) groups is 1. The van der Waals surface area contributed by atoms with Crippen molar-refractivity contribution >= 4 is 16.8 Å². The average Bonchev–Trinajstić information content (AvgIpc) is 2.86.